The van der Waals surface area contributed by atoms with Gasteiger partial charge in [-0.3, -0.25) is 4.79 Å². The molecule has 2 fully saturated rings. The van der Waals surface area contributed by atoms with Crippen molar-refractivity contribution in [3.8, 4) is 11.3 Å². The lowest BCUT2D eigenvalue weighted by molar-refractivity contribution is -0.0286. The first-order valence-corrected chi connectivity index (χ1v) is 12.2. The number of ether oxygens (including phenoxy) is 1. The molecule has 2 aliphatic heterocycles. The summed E-state index contributed by atoms with van der Waals surface area (Å²) in [4.78, 5) is 33.4. The average Bonchev–Trinajstić information content (AvgIpc) is 3.34. The van der Waals surface area contributed by atoms with E-state index in [-0.39, 0.29) is 37.6 Å². The Morgan fingerprint density at radius 3 is 2.44 bits per heavy atom. The lowest BCUT2D eigenvalue weighted by Gasteiger charge is -2.40. The molecule has 2 saturated heterocycles. The summed E-state index contributed by atoms with van der Waals surface area (Å²) in [5.41, 5.74) is 2.78. The van der Waals surface area contributed by atoms with E-state index >= 15 is 0 Å². The van der Waals surface area contributed by atoms with Crippen LogP contribution in [0.2, 0.25) is 0 Å². The first kappa shape index (κ1) is 24.0. The zero-order valence-electron chi connectivity index (χ0n) is 19.9. The maximum Gasteiger partial charge on any atom is 0.407 e. The molecule has 188 valence electrons. The highest BCUT2D eigenvalue weighted by molar-refractivity contribution is 5.98. The van der Waals surface area contributed by atoms with Gasteiger partial charge in [0, 0.05) is 31.8 Å². The van der Waals surface area contributed by atoms with Gasteiger partial charge in [-0.2, -0.15) is 0 Å². The number of carbonyl (C=O) groups is 2. The Hall–Kier alpha value is -3.69. The standard InChI is InChI=1S/C27H30N4O5/c32-23-11-14-36-17-22(23)31-18-28-24(25(31)20-9-5-2-6-10-20)26(33)30-13-12-29(27(34)35)16-21(30)15-19-7-3-1-4-8-19/h1-10,18,21-23,32H,11-17H2,(H,34,35)/t21-,22-,23-/m1/s1. The van der Waals surface area contributed by atoms with E-state index in [0.717, 1.165) is 11.1 Å². The molecule has 2 aromatic carbocycles. The normalized spacial score (nSPS) is 22.4. The van der Waals surface area contributed by atoms with Crippen LogP contribution in [0.5, 0.6) is 0 Å². The second kappa shape index (κ2) is 10.5. The van der Waals surface area contributed by atoms with Crippen LogP contribution in [0.4, 0.5) is 4.79 Å². The van der Waals surface area contributed by atoms with Crippen LogP contribution in [0.15, 0.2) is 67.0 Å². The van der Waals surface area contributed by atoms with E-state index in [4.69, 9.17) is 4.74 Å². The van der Waals surface area contributed by atoms with Crippen molar-refractivity contribution in [2.75, 3.05) is 32.8 Å². The molecule has 1 aromatic heterocycles. The smallest absolute Gasteiger partial charge is 0.407 e. The monoisotopic (exact) mass is 490 g/mol. The number of aliphatic hydroxyl groups is 1. The summed E-state index contributed by atoms with van der Waals surface area (Å²) in [6, 6.07) is 18.6. The highest BCUT2D eigenvalue weighted by Gasteiger charge is 2.37. The van der Waals surface area contributed by atoms with Gasteiger partial charge in [0.1, 0.15) is 0 Å². The van der Waals surface area contributed by atoms with Crippen molar-refractivity contribution < 1.29 is 24.5 Å². The predicted molar refractivity (Wildman–Crippen MR) is 133 cm³/mol. The molecule has 3 heterocycles. The minimum atomic E-state index is -0.985. The maximum atomic E-state index is 14.0. The minimum absolute atomic E-state index is 0.229. The third kappa shape index (κ3) is 4.84. The van der Waals surface area contributed by atoms with Crippen LogP contribution in [0, 0.1) is 0 Å². The van der Waals surface area contributed by atoms with Gasteiger partial charge in [-0.15, -0.1) is 0 Å². The van der Waals surface area contributed by atoms with Crippen LogP contribution in [-0.4, -0.2) is 86.6 Å². The number of carbonyl (C=O) groups excluding carboxylic acids is 1. The van der Waals surface area contributed by atoms with Gasteiger partial charge in [-0.1, -0.05) is 60.7 Å². The molecule has 5 rings (SSSR count). The fourth-order valence-electron chi connectivity index (χ4n) is 5.12. The number of nitrogens with zero attached hydrogens (tertiary/aromatic N) is 4. The van der Waals surface area contributed by atoms with Gasteiger partial charge < -0.3 is 29.3 Å². The van der Waals surface area contributed by atoms with E-state index in [9.17, 15) is 19.8 Å². The second-order valence-electron chi connectivity index (χ2n) is 9.28. The summed E-state index contributed by atoms with van der Waals surface area (Å²) in [7, 11) is 0. The van der Waals surface area contributed by atoms with Gasteiger partial charge in [0.2, 0.25) is 0 Å². The Morgan fingerprint density at radius 2 is 1.75 bits per heavy atom. The molecule has 3 aromatic rings. The van der Waals surface area contributed by atoms with Gasteiger partial charge in [0.15, 0.2) is 5.69 Å². The van der Waals surface area contributed by atoms with Crippen molar-refractivity contribution in [2.24, 2.45) is 0 Å². The molecule has 0 bridgehead atoms. The Kier molecular flexibility index (Phi) is 7.02. The van der Waals surface area contributed by atoms with Crippen LogP contribution in [0.1, 0.15) is 28.5 Å². The summed E-state index contributed by atoms with van der Waals surface area (Å²) in [5.74, 6) is -0.246. The molecular formula is C27H30N4O5. The number of carboxylic acid groups (broad SMARTS) is 1. The third-order valence-electron chi connectivity index (χ3n) is 7.02. The first-order chi connectivity index (χ1) is 17.5. The molecule has 0 saturated carbocycles. The molecular weight excluding hydrogens is 460 g/mol. The van der Waals surface area contributed by atoms with E-state index in [1.54, 1.807) is 11.2 Å². The van der Waals surface area contributed by atoms with Crippen LogP contribution in [-0.2, 0) is 11.2 Å². The third-order valence-corrected chi connectivity index (χ3v) is 7.02. The lowest BCUT2D eigenvalue weighted by Crippen LogP contribution is -2.57. The highest BCUT2D eigenvalue weighted by atomic mass is 16.5. The quantitative estimate of drug-likeness (QED) is 0.569. The van der Waals surface area contributed by atoms with E-state index < -0.39 is 12.2 Å². The Bertz CT molecular complexity index is 1200. The molecule has 36 heavy (non-hydrogen) atoms. The molecule has 0 unspecified atom stereocenters. The first-order valence-electron chi connectivity index (χ1n) is 12.2. The topological polar surface area (TPSA) is 108 Å². The van der Waals surface area contributed by atoms with E-state index in [1.165, 1.54) is 4.90 Å². The van der Waals surface area contributed by atoms with Gasteiger partial charge in [0.05, 0.1) is 36.8 Å². The summed E-state index contributed by atoms with van der Waals surface area (Å²) in [5, 5.41) is 20.3. The van der Waals surface area contributed by atoms with E-state index in [2.05, 4.69) is 4.98 Å². The SMILES string of the molecule is O=C(O)N1CCN(C(=O)c2ncn([C@@H]3COCC[C@H]3O)c2-c2ccccc2)[C@H](Cc2ccccc2)C1. The maximum absolute atomic E-state index is 14.0. The fourth-order valence-corrected chi connectivity index (χ4v) is 5.12. The Morgan fingerprint density at radius 1 is 1.03 bits per heavy atom. The fraction of sp³-hybridized carbons (Fsp3) is 0.370. The highest BCUT2D eigenvalue weighted by Crippen LogP contribution is 2.32. The largest absolute Gasteiger partial charge is 0.465 e. The van der Waals surface area contributed by atoms with Crippen molar-refractivity contribution in [3.05, 3.63) is 78.2 Å². The van der Waals surface area contributed by atoms with Crippen LogP contribution in [0.3, 0.4) is 0 Å². The summed E-state index contributed by atoms with van der Waals surface area (Å²) < 4.78 is 7.49. The molecule has 0 spiro atoms. The number of aromatic nitrogens is 2. The zero-order valence-corrected chi connectivity index (χ0v) is 19.9. The summed E-state index contributed by atoms with van der Waals surface area (Å²) >= 11 is 0. The number of hydrogen-bond acceptors (Lipinski definition) is 5. The number of imidazole rings is 1. The van der Waals surface area contributed by atoms with Crippen LogP contribution in [0.25, 0.3) is 11.3 Å². The number of hydrogen-bond donors (Lipinski definition) is 2. The summed E-state index contributed by atoms with van der Waals surface area (Å²) in [6.45, 7) is 1.57. The molecule has 2 aliphatic rings. The minimum Gasteiger partial charge on any atom is -0.465 e. The van der Waals surface area contributed by atoms with E-state index in [0.29, 0.717) is 37.4 Å². The molecule has 0 aliphatic carbocycles. The van der Waals surface area contributed by atoms with Crippen molar-refractivity contribution in [3.63, 3.8) is 0 Å². The molecule has 3 atom stereocenters. The van der Waals surface area contributed by atoms with Crippen molar-refractivity contribution in [2.45, 2.75) is 31.0 Å². The molecule has 9 heteroatoms. The van der Waals surface area contributed by atoms with Crippen molar-refractivity contribution in [1.82, 2.24) is 19.4 Å². The molecule has 2 N–H and O–H groups in total. The number of benzene rings is 2. The molecule has 9 nitrogen and oxygen atoms in total. The number of amides is 2. The van der Waals surface area contributed by atoms with Crippen LogP contribution >= 0.6 is 0 Å². The van der Waals surface area contributed by atoms with Crippen LogP contribution < -0.4 is 0 Å². The van der Waals surface area contributed by atoms with Gasteiger partial charge in [0.25, 0.3) is 5.91 Å². The van der Waals surface area contributed by atoms with Gasteiger partial charge >= 0.3 is 6.09 Å². The zero-order chi connectivity index (χ0) is 25.1. The molecule has 2 amide bonds. The number of aliphatic hydroxyl groups excluding tert-OH is 1. The van der Waals surface area contributed by atoms with Crippen molar-refractivity contribution in [1.29, 1.82) is 0 Å². The molecule has 0 radical (unpaired) electrons. The average molecular weight is 491 g/mol. The van der Waals surface area contributed by atoms with Gasteiger partial charge in [-0.25, -0.2) is 9.78 Å². The lowest BCUT2D eigenvalue weighted by atomic mass is 10.0. The predicted octanol–water partition coefficient (Wildman–Crippen LogP) is 2.92. The van der Waals surface area contributed by atoms with Crippen molar-refractivity contribution >= 4 is 12.0 Å². The van der Waals surface area contributed by atoms with E-state index in [1.807, 2.05) is 65.2 Å². The number of rotatable bonds is 5. The second-order valence-corrected chi connectivity index (χ2v) is 9.28. The number of piperazine rings is 1. The Labute approximate surface area is 209 Å². The Balaban J connectivity index is 1.51. The van der Waals surface area contributed by atoms with Gasteiger partial charge in [-0.05, 0) is 18.4 Å². The summed E-state index contributed by atoms with van der Waals surface area (Å²) in [6.07, 6.45) is 1.06.